The molecule has 2 saturated heterocycles. The summed E-state index contributed by atoms with van der Waals surface area (Å²) < 4.78 is 0. The number of piperazine rings is 1. The fourth-order valence-corrected chi connectivity index (χ4v) is 4.92. The minimum absolute atomic E-state index is 0.171. The summed E-state index contributed by atoms with van der Waals surface area (Å²) in [5, 5.41) is 6.03. The molecule has 0 aromatic heterocycles. The molecule has 0 bridgehead atoms. The first-order chi connectivity index (χ1) is 15.3. The van der Waals surface area contributed by atoms with Gasteiger partial charge in [0.2, 0.25) is 11.8 Å². The summed E-state index contributed by atoms with van der Waals surface area (Å²) in [4.78, 5) is 55.2. The van der Waals surface area contributed by atoms with Crippen molar-refractivity contribution < 1.29 is 19.2 Å². The van der Waals surface area contributed by atoms with Crippen molar-refractivity contribution >= 4 is 41.0 Å². The van der Waals surface area contributed by atoms with Gasteiger partial charge < -0.3 is 20.4 Å². The van der Waals surface area contributed by atoms with Gasteiger partial charge in [0.15, 0.2) is 0 Å². The molecule has 1 unspecified atom stereocenters. The zero-order valence-corrected chi connectivity index (χ0v) is 18.9. The number of nitrogens with one attached hydrogen (secondary N) is 2. The standard InChI is InChI=1S/C22H28ClN5O4/c1-15(28-20(31)22(25-21(28)32)7-2-3-8-22)19(30)24-14-18(29)27-11-9-26(10-12-27)17-6-4-5-16(23)13-17/h4-6,13,15H,2-3,7-12,14H2,1H3,(H,24,30)(H,25,32). The molecule has 32 heavy (non-hydrogen) atoms. The molecule has 3 aliphatic rings. The van der Waals surface area contributed by atoms with Crippen LogP contribution >= 0.6 is 11.6 Å². The van der Waals surface area contributed by atoms with Gasteiger partial charge in [-0.1, -0.05) is 30.5 Å². The largest absolute Gasteiger partial charge is 0.368 e. The van der Waals surface area contributed by atoms with Crippen molar-refractivity contribution in [3.63, 3.8) is 0 Å². The molecule has 9 nitrogen and oxygen atoms in total. The van der Waals surface area contributed by atoms with Crippen LogP contribution < -0.4 is 15.5 Å². The summed E-state index contributed by atoms with van der Waals surface area (Å²) in [6.45, 7) is 3.74. The summed E-state index contributed by atoms with van der Waals surface area (Å²) in [6.07, 6.45) is 2.95. The fourth-order valence-electron chi connectivity index (χ4n) is 4.74. The maximum atomic E-state index is 12.8. The normalized spacial score (nSPS) is 21.1. The zero-order chi connectivity index (χ0) is 22.9. The van der Waals surface area contributed by atoms with E-state index in [4.69, 9.17) is 11.6 Å². The number of hydrogen-bond donors (Lipinski definition) is 2. The second kappa shape index (κ2) is 8.97. The average Bonchev–Trinajstić information content (AvgIpc) is 3.35. The van der Waals surface area contributed by atoms with Gasteiger partial charge in [-0.05, 0) is 38.0 Å². The van der Waals surface area contributed by atoms with Crippen LogP contribution in [0.15, 0.2) is 24.3 Å². The maximum Gasteiger partial charge on any atom is 0.325 e. The first-order valence-corrected chi connectivity index (χ1v) is 11.4. The third-order valence-electron chi connectivity index (χ3n) is 6.64. The molecule has 0 radical (unpaired) electrons. The second-order valence-corrected chi connectivity index (χ2v) is 9.07. The van der Waals surface area contributed by atoms with E-state index in [0.717, 1.165) is 23.4 Å². The summed E-state index contributed by atoms with van der Waals surface area (Å²) in [5.74, 6) is -1.05. The van der Waals surface area contributed by atoms with E-state index >= 15 is 0 Å². The summed E-state index contributed by atoms with van der Waals surface area (Å²) in [6, 6.07) is 6.08. The van der Waals surface area contributed by atoms with E-state index in [2.05, 4.69) is 15.5 Å². The molecule has 2 N–H and O–H groups in total. The number of halogens is 1. The van der Waals surface area contributed by atoms with Crippen molar-refractivity contribution in [3.05, 3.63) is 29.3 Å². The number of imide groups is 1. The van der Waals surface area contributed by atoms with Gasteiger partial charge in [-0.2, -0.15) is 0 Å². The average molecular weight is 462 g/mol. The molecular formula is C22H28ClN5O4. The summed E-state index contributed by atoms with van der Waals surface area (Å²) in [7, 11) is 0. The van der Waals surface area contributed by atoms with Gasteiger partial charge in [0.1, 0.15) is 11.6 Å². The molecule has 5 amide bonds. The molecule has 1 aromatic rings. The van der Waals surface area contributed by atoms with Gasteiger partial charge in [0, 0.05) is 36.9 Å². The van der Waals surface area contributed by atoms with Crippen molar-refractivity contribution in [2.45, 2.75) is 44.2 Å². The van der Waals surface area contributed by atoms with Crippen LogP contribution in [-0.2, 0) is 14.4 Å². The third-order valence-corrected chi connectivity index (χ3v) is 6.87. The Kier molecular flexibility index (Phi) is 6.28. The number of carbonyl (C=O) groups is 4. The number of carbonyl (C=O) groups excluding carboxylic acids is 4. The Morgan fingerprint density at radius 1 is 1.16 bits per heavy atom. The highest BCUT2D eigenvalue weighted by Gasteiger charge is 2.54. The molecule has 3 fully saturated rings. The van der Waals surface area contributed by atoms with Crippen LogP contribution in [0.2, 0.25) is 5.02 Å². The van der Waals surface area contributed by atoms with Crippen LogP contribution in [0.3, 0.4) is 0 Å². The van der Waals surface area contributed by atoms with Gasteiger partial charge >= 0.3 is 6.03 Å². The first-order valence-electron chi connectivity index (χ1n) is 11.0. The van der Waals surface area contributed by atoms with E-state index < -0.39 is 23.5 Å². The van der Waals surface area contributed by atoms with Crippen LogP contribution in [-0.4, -0.2) is 77.9 Å². The third kappa shape index (κ3) is 4.26. The number of hydrogen-bond acceptors (Lipinski definition) is 5. The van der Waals surface area contributed by atoms with Gasteiger partial charge in [0.05, 0.1) is 6.54 Å². The van der Waals surface area contributed by atoms with Gasteiger partial charge in [-0.15, -0.1) is 0 Å². The van der Waals surface area contributed by atoms with Gasteiger partial charge in [-0.25, -0.2) is 9.69 Å². The van der Waals surface area contributed by atoms with Crippen LogP contribution in [0, 0.1) is 0 Å². The minimum Gasteiger partial charge on any atom is -0.368 e. The van der Waals surface area contributed by atoms with Crippen LogP contribution in [0.4, 0.5) is 10.5 Å². The van der Waals surface area contributed by atoms with E-state index in [1.54, 1.807) is 4.90 Å². The lowest BCUT2D eigenvalue weighted by molar-refractivity contribution is -0.138. The monoisotopic (exact) mass is 461 g/mol. The SMILES string of the molecule is CC(C(=O)NCC(=O)N1CCN(c2cccc(Cl)c2)CC1)N1C(=O)NC2(CCCC2)C1=O. The highest BCUT2D eigenvalue weighted by Crippen LogP contribution is 2.35. The van der Waals surface area contributed by atoms with Crippen molar-refractivity contribution in [1.82, 2.24) is 20.4 Å². The lowest BCUT2D eigenvalue weighted by Crippen LogP contribution is -2.54. The number of urea groups is 1. The fraction of sp³-hybridized carbons (Fsp3) is 0.545. The predicted octanol–water partition coefficient (Wildman–Crippen LogP) is 1.36. The lowest BCUT2D eigenvalue weighted by atomic mass is 9.97. The van der Waals surface area contributed by atoms with Gasteiger partial charge in [0.25, 0.3) is 5.91 Å². The maximum absolute atomic E-state index is 12.8. The molecule has 4 rings (SSSR count). The Labute approximate surface area is 192 Å². The van der Waals surface area contributed by atoms with Gasteiger partial charge in [-0.3, -0.25) is 14.4 Å². The van der Waals surface area contributed by atoms with Crippen LogP contribution in [0.1, 0.15) is 32.6 Å². The Morgan fingerprint density at radius 3 is 2.50 bits per heavy atom. The van der Waals surface area contributed by atoms with E-state index in [1.807, 2.05) is 24.3 Å². The highest BCUT2D eigenvalue weighted by molar-refractivity contribution is 6.30. The Bertz CT molecular complexity index is 925. The molecule has 1 atom stereocenters. The van der Waals surface area contributed by atoms with Crippen molar-refractivity contribution in [2.24, 2.45) is 0 Å². The topological polar surface area (TPSA) is 102 Å². The number of amides is 5. The van der Waals surface area contributed by atoms with Crippen molar-refractivity contribution in [2.75, 3.05) is 37.6 Å². The Morgan fingerprint density at radius 2 is 1.84 bits per heavy atom. The molecule has 1 aromatic carbocycles. The van der Waals surface area contributed by atoms with Crippen LogP contribution in [0.25, 0.3) is 0 Å². The Hall–Kier alpha value is -2.81. The predicted molar refractivity (Wildman–Crippen MR) is 119 cm³/mol. The summed E-state index contributed by atoms with van der Waals surface area (Å²) in [5.41, 5.74) is 0.157. The lowest BCUT2D eigenvalue weighted by Gasteiger charge is -2.36. The molecule has 172 valence electrons. The quantitative estimate of drug-likeness (QED) is 0.644. The molecule has 1 aliphatic carbocycles. The van der Waals surface area contributed by atoms with Crippen LogP contribution in [0.5, 0.6) is 0 Å². The second-order valence-electron chi connectivity index (χ2n) is 8.64. The van der Waals surface area contributed by atoms with E-state index in [9.17, 15) is 19.2 Å². The minimum atomic E-state index is -0.977. The van der Waals surface area contributed by atoms with Crippen molar-refractivity contribution in [1.29, 1.82) is 0 Å². The van der Waals surface area contributed by atoms with E-state index in [1.165, 1.54) is 6.92 Å². The Balaban J connectivity index is 1.26. The van der Waals surface area contributed by atoms with Crippen molar-refractivity contribution in [3.8, 4) is 0 Å². The first kappa shape index (κ1) is 22.4. The smallest absolute Gasteiger partial charge is 0.325 e. The van der Waals surface area contributed by atoms with E-state index in [-0.39, 0.29) is 18.4 Å². The molecule has 2 aliphatic heterocycles. The number of rotatable bonds is 5. The number of benzene rings is 1. The number of nitrogens with zero attached hydrogens (tertiary/aromatic N) is 3. The molecule has 2 heterocycles. The summed E-state index contributed by atoms with van der Waals surface area (Å²) >= 11 is 6.06. The molecule has 10 heteroatoms. The zero-order valence-electron chi connectivity index (χ0n) is 18.1. The molecule has 1 saturated carbocycles. The molecular weight excluding hydrogens is 434 g/mol. The highest BCUT2D eigenvalue weighted by atomic mass is 35.5. The van der Waals surface area contributed by atoms with E-state index in [0.29, 0.717) is 44.0 Å². The number of anilines is 1. The molecule has 1 spiro atoms.